The van der Waals surface area contributed by atoms with Gasteiger partial charge in [0.25, 0.3) is 0 Å². The number of allylic oxidation sites excluding steroid dienone is 1. The fourth-order valence-corrected chi connectivity index (χ4v) is 9.80. The Hall–Kier alpha value is -2.58. The smallest absolute Gasteiger partial charge is 0.310 e. The standard InChI is InChI=1S/C32H42N2O5S/c1-3-5-12-20-39-31(38)26-25-17-18-32(40-25)27(26)29(36)34(24(21-35)22-13-8-6-9-14-22)28(32)30(37)33(19-4-2)23-15-10-7-11-16-23/h3-4,6,8-9,13-14,23-28,35H,1-2,5,7,10-12,15-21H2/t24-,25-,26+,27+,28?,32?/m1/s1. The fourth-order valence-electron chi connectivity index (χ4n) is 7.61. The van der Waals surface area contributed by atoms with E-state index in [1.807, 2.05) is 35.2 Å². The van der Waals surface area contributed by atoms with E-state index in [1.165, 1.54) is 6.42 Å². The average Bonchev–Trinajstić information content (AvgIpc) is 3.63. The first kappa shape index (κ1) is 28.9. The number of thioether (sulfide) groups is 1. The minimum absolute atomic E-state index is 0.0508. The van der Waals surface area contributed by atoms with Crippen LogP contribution in [0.1, 0.15) is 69.4 Å². The SMILES string of the molecule is C=CCCCOC(=O)[C@@H]1[C@H]2C(=O)N([C@H](CO)c3ccccc3)C(C(=O)N(CC=C)C3CCCCC3)C23CC[C@H]1S3. The molecule has 2 amide bonds. The van der Waals surface area contributed by atoms with E-state index in [2.05, 4.69) is 13.2 Å². The first-order valence-electron chi connectivity index (χ1n) is 14.8. The highest BCUT2D eigenvalue weighted by Gasteiger charge is 2.75. The predicted molar refractivity (Wildman–Crippen MR) is 156 cm³/mol. The molecule has 2 bridgehead atoms. The van der Waals surface area contributed by atoms with Crippen molar-refractivity contribution in [1.82, 2.24) is 9.80 Å². The van der Waals surface area contributed by atoms with E-state index in [0.717, 1.165) is 44.1 Å². The van der Waals surface area contributed by atoms with Gasteiger partial charge in [0.05, 0.1) is 35.8 Å². The maximum Gasteiger partial charge on any atom is 0.310 e. The number of carbonyl (C=O) groups excluding carboxylic acids is 3. The van der Waals surface area contributed by atoms with Crippen LogP contribution in [0.4, 0.5) is 0 Å². The minimum Gasteiger partial charge on any atom is -0.465 e. The molecule has 1 aromatic carbocycles. The molecule has 2 unspecified atom stereocenters. The third-order valence-corrected chi connectivity index (χ3v) is 11.3. The number of hydrogen-bond acceptors (Lipinski definition) is 6. The molecule has 8 heteroatoms. The maximum absolute atomic E-state index is 14.8. The normalized spacial score (nSPS) is 30.1. The van der Waals surface area contributed by atoms with Crippen molar-refractivity contribution in [2.24, 2.45) is 11.8 Å². The summed E-state index contributed by atoms with van der Waals surface area (Å²) in [6, 6.07) is 8.09. The Morgan fingerprint density at radius 1 is 1.15 bits per heavy atom. The second-order valence-corrected chi connectivity index (χ2v) is 13.2. The lowest BCUT2D eigenvalue weighted by molar-refractivity contribution is -0.154. The molecule has 216 valence electrons. The van der Waals surface area contributed by atoms with Crippen LogP contribution in [0.5, 0.6) is 0 Å². The molecular formula is C32H42N2O5S. The number of benzene rings is 1. The molecule has 3 heterocycles. The number of esters is 1. The van der Waals surface area contributed by atoms with Crippen molar-refractivity contribution in [3.8, 4) is 0 Å². The molecule has 1 N–H and O–H groups in total. The van der Waals surface area contributed by atoms with Crippen molar-refractivity contribution >= 4 is 29.5 Å². The number of aliphatic hydroxyl groups is 1. The lowest BCUT2D eigenvalue weighted by Crippen LogP contribution is -2.57. The molecule has 1 spiro atoms. The molecule has 0 radical (unpaired) electrons. The van der Waals surface area contributed by atoms with Crippen LogP contribution in [0.15, 0.2) is 55.6 Å². The molecule has 3 aliphatic heterocycles. The van der Waals surface area contributed by atoms with Gasteiger partial charge in [0.2, 0.25) is 11.8 Å². The first-order valence-corrected chi connectivity index (χ1v) is 15.7. The van der Waals surface area contributed by atoms with E-state index < -0.39 is 28.7 Å². The number of fused-ring (bicyclic) bond motifs is 1. The largest absolute Gasteiger partial charge is 0.465 e. The van der Waals surface area contributed by atoms with Gasteiger partial charge in [-0.15, -0.1) is 24.9 Å². The second kappa shape index (κ2) is 12.5. The Labute approximate surface area is 242 Å². The maximum atomic E-state index is 14.8. The summed E-state index contributed by atoms with van der Waals surface area (Å²) in [6.45, 7) is 8.06. The Kier molecular flexibility index (Phi) is 9.05. The number of unbranched alkanes of at least 4 members (excludes halogenated alkanes) is 1. The van der Waals surface area contributed by atoms with Crippen LogP contribution < -0.4 is 0 Å². The third kappa shape index (κ3) is 5.02. The van der Waals surface area contributed by atoms with Crippen molar-refractivity contribution in [3.63, 3.8) is 0 Å². The summed E-state index contributed by atoms with van der Waals surface area (Å²) in [5.74, 6) is -1.87. The highest BCUT2D eigenvalue weighted by atomic mass is 32.2. The van der Waals surface area contributed by atoms with Crippen LogP contribution in [0.3, 0.4) is 0 Å². The molecule has 40 heavy (non-hydrogen) atoms. The molecule has 4 fully saturated rings. The van der Waals surface area contributed by atoms with Gasteiger partial charge in [0.15, 0.2) is 0 Å². The zero-order valence-corrected chi connectivity index (χ0v) is 24.1. The van der Waals surface area contributed by atoms with Crippen molar-refractivity contribution in [1.29, 1.82) is 0 Å². The summed E-state index contributed by atoms with van der Waals surface area (Å²) in [7, 11) is 0. The van der Waals surface area contributed by atoms with Crippen molar-refractivity contribution in [2.75, 3.05) is 19.8 Å². The van der Waals surface area contributed by atoms with Gasteiger partial charge in [-0.2, -0.15) is 0 Å². The van der Waals surface area contributed by atoms with E-state index in [4.69, 9.17) is 4.74 Å². The number of amides is 2. The van der Waals surface area contributed by atoms with Crippen LogP contribution in [0.25, 0.3) is 0 Å². The van der Waals surface area contributed by atoms with E-state index in [1.54, 1.807) is 28.8 Å². The molecule has 7 nitrogen and oxygen atoms in total. The van der Waals surface area contributed by atoms with E-state index in [-0.39, 0.29) is 42.3 Å². The fraction of sp³-hybridized carbons (Fsp3) is 0.594. The summed E-state index contributed by atoms with van der Waals surface area (Å²) < 4.78 is 4.97. The highest BCUT2D eigenvalue weighted by Crippen LogP contribution is 2.67. The monoisotopic (exact) mass is 566 g/mol. The van der Waals surface area contributed by atoms with Gasteiger partial charge >= 0.3 is 5.97 Å². The molecular weight excluding hydrogens is 524 g/mol. The predicted octanol–water partition coefficient (Wildman–Crippen LogP) is 4.67. The molecule has 1 aliphatic carbocycles. The van der Waals surface area contributed by atoms with Crippen molar-refractivity contribution in [2.45, 2.75) is 85.9 Å². The average molecular weight is 567 g/mol. The summed E-state index contributed by atoms with van der Waals surface area (Å²) >= 11 is 1.64. The van der Waals surface area contributed by atoms with Gasteiger partial charge in [0.1, 0.15) is 6.04 Å². The van der Waals surface area contributed by atoms with E-state index in [0.29, 0.717) is 19.4 Å². The van der Waals surface area contributed by atoms with Crippen molar-refractivity contribution < 1.29 is 24.2 Å². The van der Waals surface area contributed by atoms with Gasteiger partial charge in [-0.3, -0.25) is 14.4 Å². The molecule has 5 rings (SSSR count). The van der Waals surface area contributed by atoms with Crippen LogP contribution in [0.2, 0.25) is 0 Å². The number of ether oxygens (including phenoxy) is 1. The zero-order chi connectivity index (χ0) is 28.3. The Morgan fingerprint density at radius 3 is 2.58 bits per heavy atom. The first-order chi connectivity index (χ1) is 19.5. The summed E-state index contributed by atoms with van der Waals surface area (Å²) in [5.41, 5.74) is 0.781. The molecule has 1 saturated carbocycles. The molecule has 0 aromatic heterocycles. The number of aliphatic hydroxyl groups excluding tert-OH is 1. The third-order valence-electron chi connectivity index (χ3n) is 9.36. The number of carbonyl (C=O) groups is 3. The lowest BCUT2D eigenvalue weighted by atomic mass is 9.71. The number of likely N-dealkylation sites (tertiary alicyclic amines) is 1. The molecule has 4 aliphatic rings. The van der Waals surface area contributed by atoms with Crippen LogP contribution in [-0.4, -0.2) is 74.5 Å². The Morgan fingerprint density at radius 2 is 1.90 bits per heavy atom. The molecule has 1 aromatic rings. The number of rotatable bonds is 12. The Bertz CT molecular complexity index is 1110. The lowest BCUT2D eigenvalue weighted by Gasteiger charge is -2.42. The second-order valence-electron chi connectivity index (χ2n) is 11.6. The molecule has 6 atom stereocenters. The number of nitrogens with zero attached hydrogens (tertiary/aromatic N) is 2. The van der Waals surface area contributed by atoms with Crippen LogP contribution in [0, 0.1) is 11.8 Å². The van der Waals surface area contributed by atoms with Gasteiger partial charge in [-0.05, 0) is 44.1 Å². The van der Waals surface area contributed by atoms with Crippen LogP contribution >= 0.6 is 11.8 Å². The summed E-state index contributed by atoms with van der Waals surface area (Å²) in [5, 5.41) is 10.6. The summed E-state index contributed by atoms with van der Waals surface area (Å²) in [4.78, 5) is 46.3. The topological polar surface area (TPSA) is 87.1 Å². The molecule has 3 saturated heterocycles. The van der Waals surface area contributed by atoms with Crippen molar-refractivity contribution in [3.05, 3.63) is 61.2 Å². The van der Waals surface area contributed by atoms with Crippen LogP contribution in [-0.2, 0) is 19.1 Å². The quantitative estimate of drug-likeness (QED) is 0.225. The van der Waals surface area contributed by atoms with E-state index >= 15 is 0 Å². The Balaban J connectivity index is 1.54. The van der Waals surface area contributed by atoms with E-state index in [9.17, 15) is 19.5 Å². The van der Waals surface area contributed by atoms with Gasteiger partial charge in [-0.1, -0.05) is 61.7 Å². The minimum atomic E-state index is -0.766. The van der Waals surface area contributed by atoms with Gasteiger partial charge in [-0.25, -0.2) is 0 Å². The zero-order valence-electron chi connectivity index (χ0n) is 23.3. The number of hydrogen-bond donors (Lipinski definition) is 1. The van der Waals surface area contributed by atoms with Gasteiger partial charge in [0, 0.05) is 17.8 Å². The summed E-state index contributed by atoms with van der Waals surface area (Å²) in [6.07, 6.45) is 11.7. The van der Waals surface area contributed by atoms with Gasteiger partial charge < -0.3 is 19.6 Å². The highest BCUT2D eigenvalue weighted by molar-refractivity contribution is 8.02.